The highest BCUT2D eigenvalue weighted by atomic mass is 16.6. The summed E-state index contributed by atoms with van der Waals surface area (Å²) in [4.78, 5) is 39.9. The molecule has 0 aromatic carbocycles. The standard InChI is InChI=1S/C19H35N3O6/c1-19(2,3)28-18(25)22-11-10-21(16(23)8-6-5-7-9-20)12-15(22)13-27-17(24)14-26-4/h15H,5-14,20H2,1-4H3. The molecule has 0 radical (unpaired) electrons. The zero-order valence-corrected chi connectivity index (χ0v) is 17.6. The summed E-state index contributed by atoms with van der Waals surface area (Å²) in [6, 6.07) is -0.461. The van der Waals surface area contributed by atoms with Crippen molar-refractivity contribution in [2.45, 2.75) is 58.1 Å². The predicted molar refractivity (Wildman–Crippen MR) is 104 cm³/mol. The Hall–Kier alpha value is -1.87. The minimum Gasteiger partial charge on any atom is -0.462 e. The van der Waals surface area contributed by atoms with E-state index in [4.69, 9.17) is 19.9 Å². The van der Waals surface area contributed by atoms with Crippen LogP contribution < -0.4 is 5.73 Å². The summed E-state index contributed by atoms with van der Waals surface area (Å²) < 4.78 is 15.4. The summed E-state index contributed by atoms with van der Waals surface area (Å²) in [5.41, 5.74) is 4.84. The lowest BCUT2D eigenvalue weighted by Gasteiger charge is -2.41. The van der Waals surface area contributed by atoms with Gasteiger partial charge in [0.1, 0.15) is 18.8 Å². The fourth-order valence-electron chi connectivity index (χ4n) is 2.89. The maximum absolute atomic E-state index is 12.5. The Morgan fingerprint density at radius 3 is 2.43 bits per heavy atom. The molecule has 9 heteroatoms. The molecule has 1 heterocycles. The number of nitrogens with two attached hydrogens (primary N) is 1. The van der Waals surface area contributed by atoms with Gasteiger partial charge in [-0.1, -0.05) is 6.42 Å². The van der Waals surface area contributed by atoms with Crippen molar-refractivity contribution in [3.63, 3.8) is 0 Å². The normalized spacial score (nSPS) is 17.4. The first-order chi connectivity index (χ1) is 13.2. The van der Waals surface area contributed by atoms with Gasteiger partial charge < -0.3 is 24.8 Å². The van der Waals surface area contributed by atoms with Gasteiger partial charge in [0.25, 0.3) is 0 Å². The van der Waals surface area contributed by atoms with Gasteiger partial charge in [-0.05, 0) is 40.2 Å². The predicted octanol–water partition coefficient (Wildman–Crippen LogP) is 1.14. The van der Waals surface area contributed by atoms with Crippen molar-refractivity contribution >= 4 is 18.0 Å². The van der Waals surface area contributed by atoms with Crippen LogP contribution in [0, 0.1) is 0 Å². The van der Waals surface area contributed by atoms with Crippen molar-refractivity contribution in [3.05, 3.63) is 0 Å². The molecule has 0 aromatic heterocycles. The number of ether oxygens (including phenoxy) is 3. The van der Waals surface area contributed by atoms with Crippen LogP contribution in [0.4, 0.5) is 4.79 Å². The molecule has 1 unspecified atom stereocenters. The number of methoxy groups -OCH3 is 1. The molecule has 0 aliphatic carbocycles. The number of amides is 2. The van der Waals surface area contributed by atoms with Crippen LogP contribution >= 0.6 is 0 Å². The molecule has 0 saturated carbocycles. The minimum absolute atomic E-state index is 0.0155. The topological polar surface area (TPSA) is 111 Å². The molecule has 2 N–H and O–H groups in total. The van der Waals surface area contributed by atoms with Gasteiger partial charge in [-0.2, -0.15) is 0 Å². The van der Waals surface area contributed by atoms with Gasteiger partial charge in [0.05, 0.1) is 6.04 Å². The fraction of sp³-hybridized carbons (Fsp3) is 0.842. The third-order valence-electron chi connectivity index (χ3n) is 4.26. The molecule has 1 saturated heterocycles. The summed E-state index contributed by atoms with van der Waals surface area (Å²) in [7, 11) is 1.40. The Kier molecular flexibility index (Phi) is 10.2. The van der Waals surface area contributed by atoms with Gasteiger partial charge in [-0.3, -0.25) is 9.69 Å². The van der Waals surface area contributed by atoms with E-state index >= 15 is 0 Å². The Morgan fingerprint density at radius 2 is 1.82 bits per heavy atom. The van der Waals surface area contributed by atoms with Crippen LogP contribution in [-0.2, 0) is 23.8 Å². The second-order valence-electron chi connectivity index (χ2n) is 7.88. The highest BCUT2D eigenvalue weighted by molar-refractivity contribution is 5.77. The maximum atomic E-state index is 12.5. The zero-order chi connectivity index (χ0) is 21.2. The second-order valence-corrected chi connectivity index (χ2v) is 7.88. The van der Waals surface area contributed by atoms with Gasteiger partial charge in [-0.25, -0.2) is 9.59 Å². The van der Waals surface area contributed by atoms with Gasteiger partial charge >= 0.3 is 12.1 Å². The average molecular weight is 402 g/mol. The van der Waals surface area contributed by atoms with Crippen LogP contribution in [0.25, 0.3) is 0 Å². The number of carbonyl (C=O) groups is 3. The fourth-order valence-corrected chi connectivity index (χ4v) is 2.89. The lowest BCUT2D eigenvalue weighted by molar-refractivity contribution is -0.151. The van der Waals surface area contributed by atoms with Crippen LogP contribution in [0.5, 0.6) is 0 Å². The Bertz CT molecular complexity index is 520. The van der Waals surface area contributed by atoms with Crippen LogP contribution in [0.15, 0.2) is 0 Å². The number of rotatable bonds is 9. The Balaban J connectivity index is 2.71. The molecule has 162 valence electrons. The smallest absolute Gasteiger partial charge is 0.410 e. The largest absolute Gasteiger partial charge is 0.462 e. The molecule has 1 atom stereocenters. The minimum atomic E-state index is -0.635. The average Bonchev–Trinajstić information content (AvgIpc) is 2.62. The van der Waals surface area contributed by atoms with E-state index in [2.05, 4.69) is 0 Å². The van der Waals surface area contributed by atoms with Crippen LogP contribution in [-0.4, -0.2) is 85.9 Å². The third kappa shape index (κ3) is 8.88. The van der Waals surface area contributed by atoms with Crippen LogP contribution in [0.2, 0.25) is 0 Å². The first-order valence-electron chi connectivity index (χ1n) is 9.80. The molecule has 1 aliphatic heterocycles. The number of hydrogen-bond acceptors (Lipinski definition) is 7. The zero-order valence-electron chi connectivity index (χ0n) is 17.6. The molecular weight excluding hydrogens is 366 g/mol. The first-order valence-corrected chi connectivity index (χ1v) is 9.80. The molecule has 0 aromatic rings. The number of piperazine rings is 1. The molecule has 1 fully saturated rings. The lowest BCUT2D eigenvalue weighted by atomic mass is 10.1. The summed E-state index contributed by atoms with van der Waals surface area (Å²) in [6.07, 6.45) is 2.57. The summed E-state index contributed by atoms with van der Waals surface area (Å²) in [5, 5.41) is 0. The molecule has 9 nitrogen and oxygen atoms in total. The third-order valence-corrected chi connectivity index (χ3v) is 4.26. The molecule has 0 bridgehead atoms. The Labute approximate surface area is 167 Å². The number of unbranched alkanes of at least 4 members (excludes halogenated alkanes) is 2. The SMILES string of the molecule is COCC(=O)OCC1CN(C(=O)CCCCCN)CCN1C(=O)OC(C)(C)C. The van der Waals surface area contributed by atoms with Crippen molar-refractivity contribution in [2.75, 3.05) is 46.5 Å². The quantitative estimate of drug-likeness (QED) is 0.455. The van der Waals surface area contributed by atoms with E-state index in [1.807, 2.05) is 0 Å². The molecule has 1 aliphatic rings. The van der Waals surface area contributed by atoms with Crippen molar-refractivity contribution in [1.82, 2.24) is 9.80 Å². The summed E-state index contributed by atoms with van der Waals surface area (Å²) in [5.74, 6) is -0.481. The van der Waals surface area contributed by atoms with Crippen molar-refractivity contribution < 1.29 is 28.6 Å². The molecule has 1 rings (SSSR count). The lowest BCUT2D eigenvalue weighted by Crippen LogP contribution is -2.59. The highest BCUT2D eigenvalue weighted by Crippen LogP contribution is 2.17. The molecule has 2 amide bonds. The van der Waals surface area contributed by atoms with Gasteiger partial charge in [-0.15, -0.1) is 0 Å². The van der Waals surface area contributed by atoms with Crippen molar-refractivity contribution in [3.8, 4) is 0 Å². The van der Waals surface area contributed by atoms with Crippen molar-refractivity contribution in [1.29, 1.82) is 0 Å². The summed E-state index contributed by atoms with van der Waals surface area (Å²) in [6.45, 7) is 6.88. The van der Waals surface area contributed by atoms with Crippen LogP contribution in [0.1, 0.15) is 46.5 Å². The van der Waals surface area contributed by atoms with E-state index in [9.17, 15) is 14.4 Å². The number of hydrogen-bond donors (Lipinski definition) is 1. The number of esters is 1. The van der Waals surface area contributed by atoms with Crippen LogP contribution in [0.3, 0.4) is 0 Å². The van der Waals surface area contributed by atoms with Gasteiger partial charge in [0.2, 0.25) is 5.91 Å². The summed E-state index contributed by atoms with van der Waals surface area (Å²) >= 11 is 0. The highest BCUT2D eigenvalue weighted by Gasteiger charge is 2.35. The Morgan fingerprint density at radius 1 is 1.11 bits per heavy atom. The monoisotopic (exact) mass is 401 g/mol. The van der Waals surface area contributed by atoms with E-state index in [-0.39, 0.29) is 19.1 Å². The molecular formula is C19H35N3O6. The number of nitrogens with zero attached hydrogens (tertiary/aromatic N) is 2. The van der Waals surface area contributed by atoms with Crippen molar-refractivity contribution in [2.24, 2.45) is 5.73 Å². The van der Waals surface area contributed by atoms with E-state index < -0.39 is 23.7 Å². The van der Waals surface area contributed by atoms with Gasteiger partial charge in [0, 0.05) is 33.2 Å². The van der Waals surface area contributed by atoms with E-state index in [1.165, 1.54) is 12.0 Å². The number of carbonyl (C=O) groups excluding carboxylic acids is 3. The first kappa shape index (κ1) is 24.2. The maximum Gasteiger partial charge on any atom is 0.410 e. The van der Waals surface area contributed by atoms with E-state index in [1.54, 1.807) is 25.7 Å². The van der Waals surface area contributed by atoms with Gasteiger partial charge in [0.15, 0.2) is 0 Å². The van der Waals surface area contributed by atoms with E-state index in [0.717, 1.165) is 19.3 Å². The molecule has 0 spiro atoms. The molecule has 28 heavy (non-hydrogen) atoms. The second kappa shape index (κ2) is 11.9. The van der Waals surface area contributed by atoms with E-state index in [0.29, 0.717) is 32.6 Å².